The zero-order valence-corrected chi connectivity index (χ0v) is 16.7. The van der Waals surface area contributed by atoms with Crippen molar-refractivity contribution in [3.05, 3.63) is 63.2 Å². The summed E-state index contributed by atoms with van der Waals surface area (Å²) in [6, 6.07) is 6.15. The van der Waals surface area contributed by atoms with Gasteiger partial charge in [0.1, 0.15) is 24.1 Å². The zero-order chi connectivity index (χ0) is 22.4. The number of hydrogen-bond acceptors (Lipinski definition) is 8. The smallest absolute Gasteiger partial charge is 0.330 e. The van der Waals surface area contributed by atoms with Gasteiger partial charge in [0.15, 0.2) is 11.1 Å². The first-order valence-electron chi connectivity index (χ1n) is 9.82. The first-order chi connectivity index (χ1) is 15.4. The average molecular weight is 438 g/mol. The number of benzene rings is 1. The van der Waals surface area contributed by atoms with Crippen molar-refractivity contribution in [3.63, 3.8) is 0 Å². The van der Waals surface area contributed by atoms with E-state index in [9.17, 15) is 19.4 Å². The third-order valence-corrected chi connectivity index (χ3v) is 5.02. The van der Waals surface area contributed by atoms with E-state index in [1.807, 2.05) is 0 Å². The number of aromatic nitrogens is 5. The molecule has 1 aliphatic carbocycles. The first kappa shape index (κ1) is 19.8. The summed E-state index contributed by atoms with van der Waals surface area (Å²) >= 11 is 0. The van der Waals surface area contributed by atoms with E-state index in [0.29, 0.717) is 27.9 Å². The lowest BCUT2D eigenvalue weighted by molar-refractivity contribution is 0.192. The highest BCUT2D eigenvalue weighted by Gasteiger charge is 2.20. The van der Waals surface area contributed by atoms with Crippen molar-refractivity contribution in [2.75, 3.05) is 11.1 Å². The second-order valence-corrected chi connectivity index (χ2v) is 7.44. The van der Waals surface area contributed by atoms with Crippen LogP contribution in [0.1, 0.15) is 18.5 Å². The van der Waals surface area contributed by atoms with Crippen LogP contribution in [0.15, 0.2) is 40.2 Å². The van der Waals surface area contributed by atoms with Crippen LogP contribution in [0.2, 0.25) is 0 Å². The molecule has 164 valence electrons. The number of aromatic hydroxyl groups is 1. The molecule has 3 aromatic heterocycles. The van der Waals surface area contributed by atoms with Gasteiger partial charge in [-0.1, -0.05) is 0 Å². The minimum Gasteiger partial charge on any atom is -0.493 e. The fraction of sp³-hybridized carbons (Fsp3) is 0.200. The molecule has 1 fully saturated rings. The van der Waals surface area contributed by atoms with Crippen molar-refractivity contribution in [1.29, 1.82) is 0 Å². The second-order valence-electron chi connectivity index (χ2n) is 7.44. The summed E-state index contributed by atoms with van der Waals surface area (Å²) in [7, 11) is 0. The van der Waals surface area contributed by atoms with Crippen LogP contribution in [-0.2, 0) is 6.73 Å². The molecule has 1 saturated carbocycles. The van der Waals surface area contributed by atoms with Gasteiger partial charge >= 0.3 is 5.69 Å². The van der Waals surface area contributed by atoms with Gasteiger partial charge < -0.3 is 26.2 Å². The fourth-order valence-electron chi connectivity index (χ4n) is 3.25. The number of nitrogen functional groups attached to an aromatic ring is 1. The average Bonchev–Trinajstić information content (AvgIpc) is 3.41. The highest BCUT2D eigenvalue weighted by Crippen LogP contribution is 2.23. The van der Waals surface area contributed by atoms with Gasteiger partial charge in [-0.25, -0.2) is 18.7 Å². The Hall–Kier alpha value is -4.19. The Bertz CT molecular complexity index is 1520. The number of rotatable bonds is 5. The van der Waals surface area contributed by atoms with Crippen molar-refractivity contribution in [2.45, 2.75) is 25.6 Å². The standard InChI is InChI=1S/C20H19FN8O3/c21-13-6-11(22)1-4-14(13)25-16-7-17(24-12-2-3-12)29-18(27-16)10(8-23-29)5-15-19(31)28(9-30)20(32)26-15/h1,4-8,12,25,30-31H,2-3,9,22H2,(H,26,32). The molecule has 0 radical (unpaired) electrons. The maximum Gasteiger partial charge on any atom is 0.330 e. The molecule has 0 spiro atoms. The van der Waals surface area contributed by atoms with E-state index in [2.05, 4.69) is 25.4 Å². The lowest BCUT2D eigenvalue weighted by Gasteiger charge is -2.08. The number of hydrogen-bond donors (Lipinski definition) is 5. The van der Waals surface area contributed by atoms with Gasteiger partial charge in [0, 0.05) is 17.0 Å². The fourth-order valence-corrected chi connectivity index (χ4v) is 3.25. The molecule has 11 nitrogen and oxygen atoms in total. The van der Waals surface area contributed by atoms with Gasteiger partial charge in [0.05, 0.1) is 17.9 Å². The Balaban J connectivity index is 1.68. The number of anilines is 3. The summed E-state index contributed by atoms with van der Waals surface area (Å²) < 4.78 is 16.6. The topological polar surface area (TPSA) is 159 Å². The summed E-state index contributed by atoms with van der Waals surface area (Å²) in [5.74, 6) is -0.611. The lowest BCUT2D eigenvalue weighted by atomic mass is 10.2. The van der Waals surface area contributed by atoms with E-state index in [4.69, 9.17) is 5.73 Å². The van der Waals surface area contributed by atoms with Crippen LogP contribution in [0.25, 0.3) is 11.7 Å². The largest absolute Gasteiger partial charge is 0.493 e. The number of aliphatic hydroxyl groups excluding tert-OH is 1. The number of nitrogens with zero attached hydrogens (tertiary/aromatic N) is 5. The molecule has 12 heteroatoms. The van der Waals surface area contributed by atoms with E-state index < -0.39 is 24.1 Å². The van der Waals surface area contributed by atoms with Crippen LogP contribution < -0.4 is 27.4 Å². The summed E-state index contributed by atoms with van der Waals surface area (Å²) in [5, 5.41) is 27.2. The molecular weight excluding hydrogens is 419 g/mol. The number of imidazole rings is 1. The number of H-pyrrole nitrogens is 1. The van der Waals surface area contributed by atoms with E-state index in [1.54, 1.807) is 12.1 Å². The molecule has 1 aliphatic rings. The minimum absolute atomic E-state index is 0.0874. The predicted molar refractivity (Wildman–Crippen MR) is 113 cm³/mol. The van der Waals surface area contributed by atoms with Gasteiger partial charge in [0.25, 0.3) is 0 Å². The van der Waals surface area contributed by atoms with Gasteiger partial charge in [-0.2, -0.15) is 9.61 Å². The molecule has 0 atom stereocenters. The van der Waals surface area contributed by atoms with Crippen LogP contribution in [0, 0.1) is 5.82 Å². The van der Waals surface area contributed by atoms with Crippen molar-refractivity contribution in [3.8, 4) is 5.88 Å². The third-order valence-electron chi connectivity index (χ3n) is 5.02. The molecule has 4 aromatic rings. The Morgan fingerprint density at radius 1 is 1.38 bits per heavy atom. The molecule has 0 unspecified atom stereocenters. The second kappa shape index (κ2) is 7.50. The van der Waals surface area contributed by atoms with Crippen LogP contribution in [-0.4, -0.2) is 40.4 Å². The minimum atomic E-state index is -0.673. The van der Waals surface area contributed by atoms with Gasteiger partial charge in [-0.05, 0) is 37.1 Å². The van der Waals surface area contributed by atoms with Crippen LogP contribution >= 0.6 is 0 Å². The summed E-state index contributed by atoms with van der Waals surface area (Å²) in [6.45, 7) is -0.673. The van der Waals surface area contributed by atoms with Crippen molar-refractivity contribution >= 4 is 28.9 Å². The summed E-state index contributed by atoms with van der Waals surface area (Å²) in [4.78, 5) is 23.5. The number of nitrogens with two attached hydrogens (primary N) is 1. The van der Waals surface area contributed by atoms with Crippen LogP contribution in [0.4, 0.5) is 21.6 Å². The molecule has 5 rings (SSSR count). The van der Waals surface area contributed by atoms with E-state index in [1.165, 1.54) is 28.9 Å². The van der Waals surface area contributed by atoms with Crippen LogP contribution in [0.3, 0.4) is 0 Å². The van der Waals surface area contributed by atoms with E-state index >= 15 is 0 Å². The normalized spacial score (nSPS) is 15.1. The number of aromatic amines is 1. The Morgan fingerprint density at radius 2 is 2.19 bits per heavy atom. The molecular formula is C20H19FN8O3. The molecule has 1 aromatic carbocycles. The molecule has 3 heterocycles. The van der Waals surface area contributed by atoms with E-state index in [-0.39, 0.29) is 17.4 Å². The number of halogens is 1. The highest BCUT2D eigenvalue weighted by atomic mass is 19.1. The van der Waals surface area contributed by atoms with E-state index in [0.717, 1.165) is 17.4 Å². The Labute approximate surface area is 179 Å². The Kier molecular flexibility index (Phi) is 4.63. The molecule has 6 N–H and O–H groups in total. The third kappa shape index (κ3) is 3.56. The molecule has 32 heavy (non-hydrogen) atoms. The zero-order valence-electron chi connectivity index (χ0n) is 16.7. The highest BCUT2D eigenvalue weighted by molar-refractivity contribution is 5.63. The summed E-state index contributed by atoms with van der Waals surface area (Å²) in [6.07, 6.45) is 4.94. The SMILES string of the molecule is Nc1ccc(Nc2cc(=NC3CC3)n3ncc(=Cc4[nH]c(=O)n(CO)c4O)c3n2)c(F)c1. The Morgan fingerprint density at radius 3 is 2.88 bits per heavy atom. The van der Waals surface area contributed by atoms with Crippen molar-refractivity contribution < 1.29 is 14.6 Å². The van der Waals surface area contributed by atoms with Gasteiger partial charge in [-0.3, -0.25) is 4.99 Å². The molecule has 0 saturated heterocycles. The molecule has 0 amide bonds. The lowest BCUT2D eigenvalue weighted by Crippen LogP contribution is -2.20. The monoisotopic (exact) mass is 438 g/mol. The number of aliphatic hydroxyl groups is 1. The van der Waals surface area contributed by atoms with Crippen molar-refractivity contribution in [2.24, 2.45) is 4.99 Å². The summed E-state index contributed by atoms with van der Waals surface area (Å²) in [5.41, 5.74) is 6.45. The maximum atomic E-state index is 14.3. The number of nitrogens with one attached hydrogen (secondary N) is 2. The van der Waals surface area contributed by atoms with Gasteiger partial charge in [-0.15, -0.1) is 0 Å². The number of fused-ring (bicyclic) bond motifs is 1. The molecule has 0 aliphatic heterocycles. The predicted octanol–water partition coefficient (Wildman–Crippen LogP) is -0.0498. The quantitative estimate of drug-likeness (QED) is 0.273. The van der Waals surface area contributed by atoms with Gasteiger partial charge in [0.2, 0.25) is 5.88 Å². The first-order valence-corrected chi connectivity index (χ1v) is 9.82. The van der Waals surface area contributed by atoms with Crippen molar-refractivity contribution in [1.82, 2.24) is 24.1 Å². The maximum absolute atomic E-state index is 14.3. The van der Waals surface area contributed by atoms with Crippen LogP contribution in [0.5, 0.6) is 5.88 Å². The molecule has 0 bridgehead atoms.